The van der Waals surface area contributed by atoms with Crippen LogP contribution in [0.4, 0.5) is 0 Å². The lowest BCUT2D eigenvalue weighted by molar-refractivity contribution is -0.634. The van der Waals surface area contributed by atoms with Crippen LogP contribution in [0.15, 0.2) is 0 Å². The first-order chi connectivity index (χ1) is 8.41. The average molecular weight is 248 g/mol. The van der Waals surface area contributed by atoms with E-state index in [1.807, 2.05) is 0 Å². The molecule has 0 N–H and O–H groups in total. The summed E-state index contributed by atoms with van der Waals surface area (Å²) >= 11 is 0. The van der Waals surface area contributed by atoms with Crippen molar-refractivity contribution in [3.8, 4) is 0 Å². The Kier molecular flexibility index (Phi) is 15.7. The van der Waals surface area contributed by atoms with E-state index in [9.17, 15) is 0 Å². The molecule has 0 aromatic heterocycles. The van der Waals surface area contributed by atoms with Gasteiger partial charge in [0.05, 0.1) is 13.2 Å². The van der Waals surface area contributed by atoms with Crippen molar-refractivity contribution in [2.75, 3.05) is 13.2 Å². The van der Waals surface area contributed by atoms with E-state index in [1.54, 1.807) is 0 Å². The Morgan fingerprint density at radius 3 is 1.59 bits per heavy atom. The van der Waals surface area contributed by atoms with Crippen molar-refractivity contribution < 1.29 is 19.9 Å². The van der Waals surface area contributed by atoms with Gasteiger partial charge >= 0.3 is 0 Å². The smallest absolute Gasteiger partial charge is 0.0854 e. The minimum absolute atomic E-state index is 0.539. The van der Waals surface area contributed by atoms with E-state index in [0.717, 1.165) is 19.3 Å². The van der Waals surface area contributed by atoms with Crippen LogP contribution in [-0.2, 0) is 19.9 Å². The minimum atomic E-state index is 0.539. The Balaban J connectivity index is 2.85. The maximum absolute atomic E-state index is 4.79. The first-order valence-corrected chi connectivity index (χ1v) is 6.99. The summed E-state index contributed by atoms with van der Waals surface area (Å²) in [6.45, 7) is 5.41. The van der Waals surface area contributed by atoms with Gasteiger partial charge in [0.25, 0.3) is 0 Å². The summed E-state index contributed by atoms with van der Waals surface area (Å²) in [5, 5.41) is 8.78. The second-order valence-corrected chi connectivity index (χ2v) is 4.25. The molecule has 0 spiro atoms. The van der Waals surface area contributed by atoms with E-state index in [4.69, 9.17) is 9.78 Å². The van der Waals surface area contributed by atoms with E-state index in [2.05, 4.69) is 23.9 Å². The van der Waals surface area contributed by atoms with Crippen LogP contribution in [0, 0.1) is 0 Å². The molecular formula is C13H28O4. The zero-order valence-electron chi connectivity index (χ0n) is 11.4. The lowest BCUT2D eigenvalue weighted by atomic mass is 10.1. The van der Waals surface area contributed by atoms with Gasteiger partial charge in [-0.2, -0.15) is 0 Å². The molecule has 104 valence electrons. The zero-order valence-corrected chi connectivity index (χ0v) is 11.4. The van der Waals surface area contributed by atoms with Crippen molar-refractivity contribution >= 4 is 0 Å². The Hall–Kier alpha value is -0.160. The molecule has 0 unspecified atom stereocenters. The number of hydrogen-bond donors (Lipinski definition) is 0. The Morgan fingerprint density at radius 1 is 0.529 bits per heavy atom. The van der Waals surface area contributed by atoms with Gasteiger partial charge in [-0.05, 0) is 22.9 Å². The van der Waals surface area contributed by atoms with Crippen molar-refractivity contribution in [2.45, 2.75) is 71.6 Å². The second kappa shape index (κ2) is 15.8. The third kappa shape index (κ3) is 15.8. The van der Waals surface area contributed by atoms with E-state index in [1.165, 1.54) is 38.5 Å². The molecule has 0 aliphatic heterocycles. The van der Waals surface area contributed by atoms with Gasteiger partial charge in [0.2, 0.25) is 0 Å². The number of rotatable bonds is 14. The quantitative estimate of drug-likeness (QED) is 0.260. The zero-order chi connectivity index (χ0) is 12.6. The van der Waals surface area contributed by atoms with Crippen LogP contribution in [0.2, 0.25) is 0 Å². The van der Waals surface area contributed by atoms with Gasteiger partial charge in [-0.15, -0.1) is 0 Å². The molecule has 17 heavy (non-hydrogen) atoms. The molecule has 0 aromatic rings. The number of hydrogen-bond acceptors (Lipinski definition) is 4. The molecule has 0 saturated heterocycles. The highest BCUT2D eigenvalue weighted by Crippen LogP contribution is 2.06. The maximum Gasteiger partial charge on any atom is 0.0854 e. The van der Waals surface area contributed by atoms with Gasteiger partial charge in [-0.3, -0.25) is 0 Å². The molecule has 0 atom stereocenters. The van der Waals surface area contributed by atoms with Gasteiger partial charge in [-0.1, -0.05) is 58.8 Å². The average Bonchev–Trinajstić information content (AvgIpc) is 2.35. The molecule has 4 nitrogen and oxygen atoms in total. The fraction of sp³-hybridized carbons (Fsp3) is 1.00. The predicted molar refractivity (Wildman–Crippen MR) is 67.0 cm³/mol. The first kappa shape index (κ1) is 16.8. The molecule has 0 amide bonds. The van der Waals surface area contributed by atoms with Crippen LogP contribution in [0.25, 0.3) is 0 Å². The summed E-state index contributed by atoms with van der Waals surface area (Å²) in [6.07, 6.45) is 10.8. The maximum atomic E-state index is 4.79. The molecule has 0 aromatic carbocycles. The summed E-state index contributed by atoms with van der Waals surface area (Å²) in [7, 11) is 0. The molecule has 0 radical (unpaired) electrons. The highest BCUT2D eigenvalue weighted by molar-refractivity contribution is 4.43. The molecule has 0 rings (SSSR count). The van der Waals surface area contributed by atoms with Gasteiger partial charge in [0.1, 0.15) is 0 Å². The summed E-state index contributed by atoms with van der Waals surface area (Å²) < 4.78 is 0. The molecule has 0 bridgehead atoms. The van der Waals surface area contributed by atoms with Gasteiger partial charge < -0.3 is 0 Å². The summed E-state index contributed by atoms with van der Waals surface area (Å²) in [5.74, 6) is 0. The molecule has 0 aliphatic carbocycles. The van der Waals surface area contributed by atoms with Crippen molar-refractivity contribution in [2.24, 2.45) is 0 Å². The SMILES string of the molecule is CCCCCCCCCOOOOCCCC. The first-order valence-electron chi connectivity index (χ1n) is 6.99. The molecular weight excluding hydrogens is 220 g/mol. The van der Waals surface area contributed by atoms with Crippen molar-refractivity contribution in [1.82, 2.24) is 0 Å². The third-order valence-electron chi connectivity index (χ3n) is 2.54. The van der Waals surface area contributed by atoms with Crippen LogP contribution in [-0.4, -0.2) is 13.2 Å². The van der Waals surface area contributed by atoms with E-state index >= 15 is 0 Å². The molecule has 0 aliphatic rings. The normalized spacial score (nSPS) is 10.9. The molecule has 0 fully saturated rings. The lowest BCUT2D eigenvalue weighted by Gasteiger charge is -2.02. The monoisotopic (exact) mass is 248 g/mol. The molecule has 4 heteroatoms. The largest absolute Gasteiger partial charge is 0.204 e. The topological polar surface area (TPSA) is 36.9 Å². The van der Waals surface area contributed by atoms with E-state index in [-0.39, 0.29) is 0 Å². The Morgan fingerprint density at radius 2 is 1.00 bits per heavy atom. The van der Waals surface area contributed by atoms with Crippen molar-refractivity contribution in [3.63, 3.8) is 0 Å². The summed E-state index contributed by atoms with van der Waals surface area (Å²) in [6, 6.07) is 0. The second-order valence-electron chi connectivity index (χ2n) is 4.25. The fourth-order valence-electron chi connectivity index (χ4n) is 1.43. The van der Waals surface area contributed by atoms with E-state index < -0.39 is 0 Å². The Labute approximate surface area is 105 Å². The minimum Gasteiger partial charge on any atom is -0.204 e. The predicted octanol–water partition coefficient (Wildman–Crippen LogP) is 4.35. The highest BCUT2D eigenvalue weighted by Gasteiger charge is 1.93. The van der Waals surface area contributed by atoms with Crippen LogP contribution in [0.5, 0.6) is 0 Å². The van der Waals surface area contributed by atoms with Crippen molar-refractivity contribution in [1.29, 1.82) is 0 Å². The fourth-order valence-corrected chi connectivity index (χ4v) is 1.43. The van der Waals surface area contributed by atoms with Crippen LogP contribution < -0.4 is 0 Å². The van der Waals surface area contributed by atoms with Crippen LogP contribution >= 0.6 is 0 Å². The third-order valence-corrected chi connectivity index (χ3v) is 2.54. The lowest BCUT2D eigenvalue weighted by Crippen LogP contribution is -2.01. The van der Waals surface area contributed by atoms with Gasteiger partial charge in [-0.25, -0.2) is 9.78 Å². The van der Waals surface area contributed by atoms with Crippen LogP contribution in [0.3, 0.4) is 0 Å². The summed E-state index contributed by atoms with van der Waals surface area (Å²) in [5.41, 5.74) is 0. The van der Waals surface area contributed by atoms with Crippen molar-refractivity contribution in [3.05, 3.63) is 0 Å². The standard InChI is InChI=1S/C13H28O4/c1-3-5-7-8-9-10-11-13-15-17-16-14-12-6-4-2/h3-13H2,1-2H3. The molecule has 0 heterocycles. The van der Waals surface area contributed by atoms with Gasteiger partial charge in [0, 0.05) is 0 Å². The van der Waals surface area contributed by atoms with Gasteiger partial charge in [0.15, 0.2) is 0 Å². The van der Waals surface area contributed by atoms with E-state index in [0.29, 0.717) is 13.2 Å². The molecule has 0 saturated carbocycles. The highest BCUT2D eigenvalue weighted by atomic mass is 17.7. The van der Waals surface area contributed by atoms with Crippen LogP contribution in [0.1, 0.15) is 71.6 Å². The Bertz CT molecular complexity index is 117. The number of unbranched alkanes of at least 4 members (excludes halogenated alkanes) is 7. The summed E-state index contributed by atoms with van der Waals surface area (Å²) in [4.78, 5) is 9.49.